The van der Waals surface area contributed by atoms with Crippen LogP contribution < -0.4 is 15.4 Å². The van der Waals surface area contributed by atoms with Crippen molar-refractivity contribution in [3.63, 3.8) is 0 Å². The van der Waals surface area contributed by atoms with Gasteiger partial charge in [0.2, 0.25) is 0 Å². The molecule has 0 amide bonds. The zero-order chi connectivity index (χ0) is 18.6. The molecular weight excluding hydrogens is 340 g/mol. The van der Waals surface area contributed by atoms with Gasteiger partial charge in [-0.05, 0) is 61.5 Å². The zero-order valence-corrected chi connectivity index (χ0v) is 16.7. The van der Waals surface area contributed by atoms with E-state index < -0.39 is 0 Å². The predicted octanol–water partition coefficient (Wildman–Crippen LogP) is 6.54. The number of benzene rings is 2. The molecule has 0 unspecified atom stereocenters. The fraction of sp³-hybridized carbons (Fsp3) is 0.409. The summed E-state index contributed by atoms with van der Waals surface area (Å²) < 4.78 is 5.81. The monoisotopic (exact) mass is 370 g/mol. The highest BCUT2D eigenvalue weighted by atomic mass is 32.1. The van der Waals surface area contributed by atoms with Crippen molar-refractivity contribution in [3.8, 4) is 5.75 Å². The Hall–Kier alpha value is -2.07. The number of unbranched alkanes of at least 4 members (excludes halogenated alkanes) is 5. The van der Waals surface area contributed by atoms with Crippen molar-refractivity contribution in [1.29, 1.82) is 0 Å². The summed E-state index contributed by atoms with van der Waals surface area (Å²) in [5.41, 5.74) is 3.13. The summed E-state index contributed by atoms with van der Waals surface area (Å²) in [6, 6.07) is 16.0. The van der Waals surface area contributed by atoms with E-state index in [1.165, 1.54) is 32.1 Å². The van der Waals surface area contributed by atoms with Gasteiger partial charge in [0.25, 0.3) is 0 Å². The van der Waals surface area contributed by atoms with E-state index >= 15 is 0 Å². The van der Waals surface area contributed by atoms with Crippen LogP contribution in [0, 0.1) is 6.92 Å². The van der Waals surface area contributed by atoms with E-state index in [0.29, 0.717) is 5.11 Å². The molecule has 0 radical (unpaired) electrons. The molecule has 4 heteroatoms. The molecule has 0 saturated heterocycles. The summed E-state index contributed by atoms with van der Waals surface area (Å²) in [6.45, 7) is 5.08. The topological polar surface area (TPSA) is 33.3 Å². The lowest BCUT2D eigenvalue weighted by Crippen LogP contribution is -2.19. The summed E-state index contributed by atoms with van der Waals surface area (Å²) in [6.07, 6.45) is 7.65. The maximum Gasteiger partial charge on any atom is 0.175 e. The first-order chi connectivity index (χ1) is 12.7. The SMILES string of the molecule is CCCCCCCCOc1ccc(NC(=S)Nc2ccccc2C)cc1. The van der Waals surface area contributed by atoms with Crippen LogP contribution in [0.3, 0.4) is 0 Å². The Bertz CT molecular complexity index is 670. The molecule has 0 spiro atoms. The summed E-state index contributed by atoms with van der Waals surface area (Å²) >= 11 is 5.39. The van der Waals surface area contributed by atoms with E-state index in [2.05, 4.69) is 30.5 Å². The second-order valence-electron chi connectivity index (χ2n) is 6.53. The lowest BCUT2D eigenvalue weighted by atomic mass is 10.1. The number of rotatable bonds is 10. The fourth-order valence-electron chi connectivity index (χ4n) is 2.70. The molecule has 0 aromatic heterocycles. The molecule has 140 valence electrons. The number of anilines is 2. The Labute approximate surface area is 163 Å². The molecule has 2 N–H and O–H groups in total. The molecule has 0 atom stereocenters. The van der Waals surface area contributed by atoms with Gasteiger partial charge in [0, 0.05) is 11.4 Å². The van der Waals surface area contributed by atoms with Crippen LogP contribution in [0.2, 0.25) is 0 Å². The first kappa shape index (κ1) is 20.2. The van der Waals surface area contributed by atoms with E-state index in [9.17, 15) is 0 Å². The molecule has 2 aromatic rings. The highest BCUT2D eigenvalue weighted by molar-refractivity contribution is 7.80. The van der Waals surface area contributed by atoms with Crippen LogP contribution in [0.25, 0.3) is 0 Å². The Morgan fingerprint density at radius 1 is 0.885 bits per heavy atom. The van der Waals surface area contributed by atoms with Gasteiger partial charge in [0.15, 0.2) is 5.11 Å². The van der Waals surface area contributed by atoms with Crippen LogP contribution in [-0.2, 0) is 0 Å². The van der Waals surface area contributed by atoms with E-state index in [4.69, 9.17) is 17.0 Å². The average Bonchev–Trinajstić information content (AvgIpc) is 2.64. The third-order valence-corrected chi connectivity index (χ3v) is 4.48. The molecule has 0 heterocycles. The Morgan fingerprint density at radius 3 is 2.31 bits per heavy atom. The summed E-state index contributed by atoms with van der Waals surface area (Å²) in [7, 11) is 0. The van der Waals surface area contributed by atoms with Gasteiger partial charge >= 0.3 is 0 Å². The van der Waals surface area contributed by atoms with Crippen molar-refractivity contribution < 1.29 is 4.74 Å². The highest BCUT2D eigenvalue weighted by Gasteiger charge is 2.02. The second-order valence-corrected chi connectivity index (χ2v) is 6.94. The Balaban J connectivity index is 1.70. The number of thiocarbonyl (C=S) groups is 1. The van der Waals surface area contributed by atoms with Crippen LogP contribution in [0.4, 0.5) is 11.4 Å². The van der Waals surface area contributed by atoms with Crippen LogP contribution in [0.5, 0.6) is 5.75 Å². The Morgan fingerprint density at radius 2 is 1.58 bits per heavy atom. The minimum absolute atomic E-state index is 0.583. The van der Waals surface area contributed by atoms with Crippen LogP contribution in [0.15, 0.2) is 48.5 Å². The smallest absolute Gasteiger partial charge is 0.175 e. The summed E-state index contributed by atoms with van der Waals surface area (Å²) in [4.78, 5) is 0. The van der Waals surface area contributed by atoms with Crippen molar-refractivity contribution in [2.24, 2.45) is 0 Å². The van der Waals surface area contributed by atoms with E-state index in [1.54, 1.807) is 0 Å². The minimum atomic E-state index is 0.583. The van der Waals surface area contributed by atoms with Crippen LogP contribution >= 0.6 is 12.2 Å². The number of ether oxygens (including phenoxy) is 1. The normalized spacial score (nSPS) is 10.4. The van der Waals surface area contributed by atoms with Crippen molar-refractivity contribution in [2.75, 3.05) is 17.2 Å². The summed E-state index contributed by atoms with van der Waals surface area (Å²) in [5, 5.41) is 7.01. The quantitative estimate of drug-likeness (QED) is 0.367. The molecule has 26 heavy (non-hydrogen) atoms. The first-order valence-electron chi connectivity index (χ1n) is 9.55. The van der Waals surface area contributed by atoms with Gasteiger partial charge in [-0.3, -0.25) is 0 Å². The fourth-order valence-corrected chi connectivity index (χ4v) is 2.93. The molecule has 2 aromatic carbocycles. The molecule has 3 nitrogen and oxygen atoms in total. The minimum Gasteiger partial charge on any atom is -0.494 e. The number of hydrogen-bond donors (Lipinski definition) is 2. The number of hydrogen-bond acceptors (Lipinski definition) is 2. The van der Waals surface area contributed by atoms with E-state index in [0.717, 1.165) is 35.7 Å². The standard InChI is InChI=1S/C22H30N2OS/c1-3-4-5-6-7-10-17-25-20-15-13-19(14-16-20)23-22(26)24-21-12-9-8-11-18(21)2/h8-9,11-16H,3-7,10,17H2,1-2H3,(H2,23,24,26). The number of nitrogens with one attached hydrogen (secondary N) is 2. The van der Waals surface area contributed by atoms with Crippen molar-refractivity contribution in [1.82, 2.24) is 0 Å². The van der Waals surface area contributed by atoms with Gasteiger partial charge in [-0.25, -0.2) is 0 Å². The summed E-state index contributed by atoms with van der Waals surface area (Å²) in [5.74, 6) is 0.905. The maximum atomic E-state index is 5.81. The van der Waals surface area contributed by atoms with E-state index in [1.807, 2.05) is 42.5 Å². The van der Waals surface area contributed by atoms with Crippen LogP contribution in [-0.4, -0.2) is 11.7 Å². The lowest BCUT2D eigenvalue weighted by Gasteiger charge is -2.13. The third-order valence-electron chi connectivity index (χ3n) is 4.27. The molecule has 0 aliphatic rings. The lowest BCUT2D eigenvalue weighted by molar-refractivity contribution is 0.304. The largest absolute Gasteiger partial charge is 0.494 e. The van der Waals surface area contributed by atoms with Gasteiger partial charge in [0.1, 0.15) is 5.75 Å². The molecule has 0 aliphatic carbocycles. The van der Waals surface area contributed by atoms with Gasteiger partial charge in [-0.2, -0.15) is 0 Å². The zero-order valence-electron chi connectivity index (χ0n) is 15.9. The van der Waals surface area contributed by atoms with Crippen LogP contribution in [0.1, 0.15) is 51.0 Å². The average molecular weight is 371 g/mol. The van der Waals surface area contributed by atoms with Crippen molar-refractivity contribution in [3.05, 3.63) is 54.1 Å². The molecular formula is C22H30N2OS. The maximum absolute atomic E-state index is 5.81. The van der Waals surface area contributed by atoms with Crippen molar-refractivity contribution >= 4 is 28.7 Å². The van der Waals surface area contributed by atoms with Gasteiger partial charge in [-0.1, -0.05) is 57.2 Å². The van der Waals surface area contributed by atoms with Gasteiger partial charge < -0.3 is 15.4 Å². The predicted molar refractivity (Wildman–Crippen MR) is 116 cm³/mol. The second kappa shape index (κ2) is 11.5. The van der Waals surface area contributed by atoms with E-state index in [-0.39, 0.29) is 0 Å². The highest BCUT2D eigenvalue weighted by Crippen LogP contribution is 2.18. The third kappa shape index (κ3) is 7.44. The molecule has 0 bridgehead atoms. The first-order valence-corrected chi connectivity index (χ1v) is 9.96. The molecule has 0 aliphatic heterocycles. The van der Waals surface area contributed by atoms with Gasteiger partial charge in [0.05, 0.1) is 6.61 Å². The molecule has 2 rings (SSSR count). The molecule has 0 fully saturated rings. The Kier molecular flexibility index (Phi) is 8.98. The molecule has 0 saturated carbocycles. The van der Waals surface area contributed by atoms with Crippen molar-refractivity contribution in [2.45, 2.75) is 52.4 Å². The van der Waals surface area contributed by atoms with Gasteiger partial charge in [-0.15, -0.1) is 0 Å². The number of para-hydroxylation sites is 1. The number of aryl methyl sites for hydroxylation is 1.